The van der Waals surface area contributed by atoms with E-state index in [4.69, 9.17) is 21.7 Å². The minimum absolute atomic E-state index is 0.00227. The molecular formula is C17H31N5O7S. The van der Waals surface area contributed by atoms with Gasteiger partial charge in [-0.3, -0.25) is 19.2 Å². The van der Waals surface area contributed by atoms with Gasteiger partial charge < -0.3 is 37.6 Å². The number of hydrogen-bond donors (Lipinski definition) is 8. The predicted molar refractivity (Wildman–Crippen MR) is 110 cm³/mol. The number of carbonyl (C=O) groups excluding carboxylic acids is 4. The average Bonchev–Trinajstić information content (AvgIpc) is 2.70. The number of primary amides is 1. The maximum atomic E-state index is 12.6. The minimum Gasteiger partial charge on any atom is -0.480 e. The third-order valence-corrected chi connectivity index (χ3v) is 4.81. The number of nitrogens with one attached hydrogen (secondary N) is 3. The molecule has 0 aromatic heterocycles. The quantitative estimate of drug-likeness (QED) is 0.128. The highest BCUT2D eigenvalue weighted by Gasteiger charge is 2.32. The molecule has 0 aliphatic rings. The Balaban J connectivity index is 5.17. The molecule has 13 heteroatoms. The van der Waals surface area contributed by atoms with E-state index in [1.807, 2.05) is 0 Å². The molecule has 0 aliphatic heterocycles. The molecule has 0 bridgehead atoms. The fourth-order valence-electron chi connectivity index (χ4n) is 2.30. The Morgan fingerprint density at radius 1 is 1.00 bits per heavy atom. The zero-order valence-electron chi connectivity index (χ0n) is 17.0. The van der Waals surface area contributed by atoms with Crippen LogP contribution in [0, 0.1) is 5.92 Å². The number of aliphatic hydroxyl groups is 1. The maximum absolute atomic E-state index is 12.6. The molecule has 0 spiro atoms. The SMILES string of the molecule is CCC(C)C(NC(=O)C(CS)NC(=O)C(N)CCC(N)=O)C(=O)NC(CO)C(=O)O. The summed E-state index contributed by atoms with van der Waals surface area (Å²) in [5.74, 6) is -4.74. The van der Waals surface area contributed by atoms with Crippen LogP contribution in [0.1, 0.15) is 33.1 Å². The van der Waals surface area contributed by atoms with Gasteiger partial charge in [-0.2, -0.15) is 12.6 Å². The van der Waals surface area contributed by atoms with Crippen molar-refractivity contribution in [3.8, 4) is 0 Å². The molecule has 0 aromatic rings. The Hall–Kier alpha value is -2.38. The van der Waals surface area contributed by atoms with Crippen LogP contribution in [-0.2, 0) is 24.0 Å². The van der Waals surface area contributed by atoms with E-state index in [9.17, 15) is 24.0 Å². The number of aliphatic carboxylic acids is 1. The number of nitrogens with two attached hydrogens (primary N) is 2. The summed E-state index contributed by atoms with van der Waals surface area (Å²) in [4.78, 5) is 59.0. The molecule has 0 aromatic carbocycles. The first-order chi connectivity index (χ1) is 14.0. The van der Waals surface area contributed by atoms with Gasteiger partial charge in [0.15, 0.2) is 0 Å². The summed E-state index contributed by atoms with van der Waals surface area (Å²) >= 11 is 4.03. The smallest absolute Gasteiger partial charge is 0.328 e. The summed E-state index contributed by atoms with van der Waals surface area (Å²) in [5.41, 5.74) is 10.7. The number of rotatable bonds is 14. The van der Waals surface area contributed by atoms with Gasteiger partial charge in [0.2, 0.25) is 23.6 Å². The van der Waals surface area contributed by atoms with E-state index in [-0.39, 0.29) is 24.5 Å². The number of carboxylic acids is 1. The molecule has 5 unspecified atom stereocenters. The number of thiol groups is 1. The second-order valence-corrected chi connectivity index (χ2v) is 7.17. The fraction of sp³-hybridized carbons (Fsp3) is 0.706. The Morgan fingerprint density at radius 2 is 1.57 bits per heavy atom. The zero-order chi connectivity index (χ0) is 23.4. The molecule has 30 heavy (non-hydrogen) atoms. The molecule has 9 N–H and O–H groups in total. The van der Waals surface area contributed by atoms with E-state index >= 15 is 0 Å². The van der Waals surface area contributed by atoms with Gasteiger partial charge in [-0.15, -0.1) is 0 Å². The average molecular weight is 450 g/mol. The summed E-state index contributed by atoms with van der Waals surface area (Å²) in [6, 6.07) is -4.83. The summed E-state index contributed by atoms with van der Waals surface area (Å²) in [6.45, 7) is 2.63. The summed E-state index contributed by atoms with van der Waals surface area (Å²) < 4.78 is 0. The van der Waals surface area contributed by atoms with Crippen LogP contribution in [0.25, 0.3) is 0 Å². The van der Waals surface area contributed by atoms with Crippen LogP contribution in [0.2, 0.25) is 0 Å². The van der Waals surface area contributed by atoms with E-state index in [2.05, 4.69) is 28.6 Å². The van der Waals surface area contributed by atoms with Crippen LogP contribution in [0.15, 0.2) is 0 Å². The van der Waals surface area contributed by atoms with Crippen LogP contribution in [0.4, 0.5) is 0 Å². The van der Waals surface area contributed by atoms with Gasteiger partial charge in [0.25, 0.3) is 0 Å². The summed E-state index contributed by atoms with van der Waals surface area (Å²) in [6.07, 6.45) is 0.376. The number of aliphatic hydroxyl groups excluding tert-OH is 1. The highest BCUT2D eigenvalue weighted by molar-refractivity contribution is 7.80. The lowest BCUT2D eigenvalue weighted by atomic mass is 9.97. The lowest BCUT2D eigenvalue weighted by Gasteiger charge is -2.27. The third kappa shape index (κ3) is 9.41. The molecule has 12 nitrogen and oxygen atoms in total. The molecular weight excluding hydrogens is 418 g/mol. The van der Waals surface area contributed by atoms with Crippen LogP contribution < -0.4 is 27.4 Å². The van der Waals surface area contributed by atoms with Gasteiger partial charge in [-0.05, 0) is 12.3 Å². The van der Waals surface area contributed by atoms with Gasteiger partial charge in [-0.25, -0.2) is 4.79 Å². The lowest BCUT2D eigenvalue weighted by Crippen LogP contribution is -2.59. The second-order valence-electron chi connectivity index (χ2n) is 6.81. The summed E-state index contributed by atoms with van der Waals surface area (Å²) in [5, 5.41) is 25.1. The van der Waals surface area contributed by atoms with Crippen LogP contribution in [0.5, 0.6) is 0 Å². The van der Waals surface area contributed by atoms with Gasteiger partial charge in [0, 0.05) is 12.2 Å². The standard InChI is InChI=1S/C17H31N5O7S/c1-3-8(2)13(16(27)20-10(6-23)17(28)29)22-15(26)11(7-30)21-14(25)9(18)4-5-12(19)24/h8-11,13,23,30H,3-7,18H2,1-2H3,(H2,19,24)(H,20,27)(H,21,25)(H,22,26)(H,28,29). The number of amides is 4. The highest BCUT2D eigenvalue weighted by Crippen LogP contribution is 2.09. The molecule has 0 rings (SSSR count). The van der Waals surface area contributed by atoms with Crippen molar-refractivity contribution >= 4 is 42.2 Å². The summed E-state index contributed by atoms with van der Waals surface area (Å²) in [7, 11) is 0. The van der Waals surface area contributed by atoms with Crippen molar-refractivity contribution in [2.45, 2.75) is 57.3 Å². The molecule has 0 saturated heterocycles. The molecule has 0 aliphatic carbocycles. The van der Waals surface area contributed by atoms with Gasteiger partial charge in [0.05, 0.1) is 12.6 Å². The van der Waals surface area contributed by atoms with Crippen LogP contribution in [-0.4, -0.2) is 76.3 Å². The number of carboxylic acid groups (broad SMARTS) is 1. The Labute approximate surface area is 179 Å². The van der Waals surface area contributed by atoms with Crippen molar-refractivity contribution in [3.05, 3.63) is 0 Å². The van der Waals surface area contributed by atoms with E-state index < -0.39 is 60.4 Å². The van der Waals surface area contributed by atoms with Crippen molar-refractivity contribution < 1.29 is 34.2 Å². The Kier molecular flexibility index (Phi) is 12.7. The monoisotopic (exact) mass is 449 g/mol. The predicted octanol–water partition coefficient (Wildman–Crippen LogP) is -2.91. The van der Waals surface area contributed by atoms with E-state index in [0.717, 1.165) is 0 Å². The number of hydrogen-bond acceptors (Lipinski definition) is 8. The molecule has 0 fully saturated rings. The Morgan fingerprint density at radius 3 is 2.00 bits per heavy atom. The molecule has 172 valence electrons. The largest absolute Gasteiger partial charge is 0.480 e. The molecule has 0 saturated carbocycles. The van der Waals surface area contributed by atoms with E-state index in [0.29, 0.717) is 6.42 Å². The lowest BCUT2D eigenvalue weighted by molar-refractivity contribution is -0.143. The highest BCUT2D eigenvalue weighted by atomic mass is 32.1. The normalized spacial score (nSPS) is 15.8. The molecule has 0 heterocycles. The fourth-order valence-corrected chi connectivity index (χ4v) is 2.56. The zero-order valence-corrected chi connectivity index (χ0v) is 17.9. The van der Waals surface area contributed by atoms with E-state index in [1.54, 1.807) is 13.8 Å². The number of carbonyl (C=O) groups is 5. The van der Waals surface area contributed by atoms with Crippen molar-refractivity contribution in [1.29, 1.82) is 0 Å². The maximum Gasteiger partial charge on any atom is 0.328 e. The Bertz CT molecular complexity index is 634. The molecule has 4 amide bonds. The third-order valence-electron chi connectivity index (χ3n) is 4.44. The first kappa shape index (κ1) is 27.6. The molecule has 5 atom stereocenters. The van der Waals surface area contributed by atoms with E-state index in [1.165, 1.54) is 0 Å². The minimum atomic E-state index is -1.52. The van der Waals surface area contributed by atoms with Gasteiger partial charge in [-0.1, -0.05) is 20.3 Å². The van der Waals surface area contributed by atoms with Crippen LogP contribution in [0.3, 0.4) is 0 Å². The van der Waals surface area contributed by atoms with Gasteiger partial charge in [0.1, 0.15) is 18.1 Å². The van der Waals surface area contributed by atoms with Crippen molar-refractivity contribution in [3.63, 3.8) is 0 Å². The molecule has 0 radical (unpaired) electrons. The van der Waals surface area contributed by atoms with Crippen molar-refractivity contribution in [2.75, 3.05) is 12.4 Å². The first-order valence-corrected chi connectivity index (χ1v) is 10.0. The second kappa shape index (κ2) is 13.8. The van der Waals surface area contributed by atoms with Crippen molar-refractivity contribution in [1.82, 2.24) is 16.0 Å². The first-order valence-electron chi connectivity index (χ1n) is 9.37. The van der Waals surface area contributed by atoms with Gasteiger partial charge >= 0.3 is 5.97 Å². The van der Waals surface area contributed by atoms with Crippen LogP contribution >= 0.6 is 12.6 Å². The van der Waals surface area contributed by atoms with Crippen molar-refractivity contribution in [2.24, 2.45) is 17.4 Å². The topological polar surface area (TPSA) is 214 Å².